The third kappa shape index (κ3) is 2.50. The van der Waals surface area contributed by atoms with Gasteiger partial charge in [0.15, 0.2) is 0 Å². The van der Waals surface area contributed by atoms with Crippen molar-refractivity contribution >= 4 is 34.5 Å². The second-order valence-corrected chi connectivity index (χ2v) is 6.19. The van der Waals surface area contributed by atoms with Gasteiger partial charge in [0.2, 0.25) is 0 Å². The third-order valence-electron chi connectivity index (χ3n) is 2.47. The van der Waals surface area contributed by atoms with Gasteiger partial charge in [0.1, 0.15) is 0 Å². The number of hydrogen-bond donors (Lipinski definition) is 1. The summed E-state index contributed by atoms with van der Waals surface area (Å²) in [6.07, 6.45) is 1.63. The van der Waals surface area contributed by atoms with Crippen LogP contribution in [0.5, 0.6) is 0 Å². The molecule has 1 unspecified atom stereocenters. The van der Waals surface area contributed by atoms with Crippen molar-refractivity contribution in [3.05, 3.63) is 38.3 Å². The SMILES string of the molecule is CC(C)n1ncc(Cl)c1C(N)c1ccc(Cl)s1. The van der Waals surface area contributed by atoms with Gasteiger partial charge in [0, 0.05) is 10.9 Å². The Morgan fingerprint density at radius 3 is 2.59 bits per heavy atom. The molecule has 0 saturated carbocycles. The number of halogens is 2. The summed E-state index contributed by atoms with van der Waals surface area (Å²) in [7, 11) is 0. The van der Waals surface area contributed by atoms with E-state index in [-0.39, 0.29) is 12.1 Å². The molecule has 2 heterocycles. The van der Waals surface area contributed by atoms with Crippen LogP contribution in [0.2, 0.25) is 9.36 Å². The van der Waals surface area contributed by atoms with Gasteiger partial charge in [-0.05, 0) is 26.0 Å². The number of aromatic nitrogens is 2. The van der Waals surface area contributed by atoms with Crippen molar-refractivity contribution in [3.63, 3.8) is 0 Å². The molecule has 0 spiro atoms. The standard InChI is InChI=1S/C11H13Cl2N3S/c1-6(2)16-11(7(12)5-15-16)10(14)8-3-4-9(13)17-8/h3-6,10H,14H2,1-2H3. The molecule has 0 fully saturated rings. The predicted octanol–water partition coefficient (Wildman–Crippen LogP) is 3.88. The molecule has 2 aromatic rings. The first kappa shape index (κ1) is 12.9. The highest BCUT2D eigenvalue weighted by molar-refractivity contribution is 7.16. The second-order valence-electron chi connectivity index (χ2n) is 4.04. The second kappa shape index (κ2) is 4.98. The van der Waals surface area contributed by atoms with Crippen molar-refractivity contribution < 1.29 is 0 Å². The minimum absolute atomic E-state index is 0.221. The Hall–Kier alpha value is -0.550. The fourth-order valence-corrected chi connectivity index (χ4v) is 3.00. The zero-order chi connectivity index (χ0) is 12.6. The van der Waals surface area contributed by atoms with E-state index in [0.717, 1.165) is 14.9 Å². The molecule has 1 atom stereocenters. The Kier molecular flexibility index (Phi) is 3.78. The Bertz CT molecular complexity index is 519. The summed E-state index contributed by atoms with van der Waals surface area (Å²) in [6.45, 7) is 4.09. The van der Waals surface area contributed by atoms with E-state index in [1.54, 1.807) is 6.20 Å². The van der Waals surface area contributed by atoms with Crippen LogP contribution in [-0.4, -0.2) is 9.78 Å². The number of rotatable bonds is 3. The average Bonchev–Trinajstić information content (AvgIpc) is 2.83. The largest absolute Gasteiger partial charge is 0.318 e. The van der Waals surface area contributed by atoms with Gasteiger partial charge in [-0.1, -0.05) is 23.2 Å². The Morgan fingerprint density at radius 2 is 2.06 bits per heavy atom. The molecule has 0 radical (unpaired) electrons. The van der Waals surface area contributed by atoms with E-state index in [1.165, 1.54) is 11.3 Å². The van der Waals surface area contributed by atoms with E-state index in [9.17, 15) is 0 Å². The molecule has 2 aromatic heterocycles. The molecule has 2 rings (SSSR count). The number of nitrogens with zero attached hydrogens (tertiary/aromatic N) is 2. The molecule has 0 aliphatic carbocycles. The summed E-state index contributed by atoms with van der Waals surface area (Å²) >= 11 is 13.5. The molecule has 0 aliphatic rings. The van der Waals surface area contributed by atoms with Gasteiger partial charge in [-0.2, -0.15) is 5.10 Å². The average molecular weight is 290 g/mol. The Morgan fingerprint density at radius 1 is 1.35 bits per heavy atom. The Balaban J connectivity index is 2.43. The van der Waals surface area contributed by atoms with Crippen molar-refractivity contribution in [1.82, 2.24) is 9.78 Å². The quantitative estimate of drug-likeness (QED) is 0.932. The first-order valence-corrected chi connectivity index (χ1v) is 6.81. The van der Waals surface area contributed by atoms with Crippen LogP contribution in [0.3, 0.4) is 0 Å². The van der Waals surface area contributed by atoms with Crippen molar-refractivity contribution in [2.24, 2.45) is 5.73 Å². The van der Waals surface area contributed by atoms with E-state index in [1.807, 2.05) is 30.7 Å². The molecule has 3 nitrogen and oxygen atoms in total. The van der Waals surface area contributed by atoms with E-state index >= 15 is 0 Å². The van der Waals surface area contributed by atoms with Crippen LogP contribution >= 0.6 is 34.5 Å². The maximum Gasteiger partial charge on any atom is 0.0931 e. The maximum atomic E-state index is 6.22. The van der Waals surface area contributed by atoms with Gasteiger partial charge in [-0.15, -0.1) is 11.3 Å². The van der Waals surface area contributed by atoms with Crippen molar-refractivity contribution in [2.45, 2.75) is 25.9 Å². The maximum absolute atomic E-state index is 6.22. The van der Waals surface area contributed by atoms with Crippen molar-refractivity contribution in [3.8, 4) is 0 Å². The molecule has 0 saturated heterocycles. The van der Waals surface area contributed by atoms with Crippen molar-refractivity contribution in [2.75, 3.05) is 0 Å². The minimum Gasteiger partial charge on any atom is -0.318 e. The van der Waals surface area contributed by atoms with Crippen LogP contribution in [0.4, 0.5) is 0 Å². The summed E-state index contributed by atoms with van der Waals surface area (Å²) in [5, 5.41) is 4.84. The summed E-state index contributed by atoms with van der Waals surface area (Å²) in [5.74, 6) is 0. The minimum atomic E-state index is -0.287. The van der Waals surface area contributed by atoms with Gasteiger partial charge < -0.3 is 5.73 Å². The van der Waals surface area contributed by atoms with Gasteiger partial charge in [-0.3, -0.25) is 4.68 Å². The number of thiophene rings is 1. The molecule has 0 bridgehead atoms. The number of hydrogen-bond acceptors (Lipinski definition) is 3. The summed E-state index contributed by atoms with van der Waals surface area (Å²) in [6, 6.07) is 3.70. The normalized spacial score (nSPS) is 13.3. The molecule has 2 N–H and O–H groups in total. The molecule has 6 heteroatoms. The molecule has 0 amide bonds. The summed E-state index contributed by atoms with van der Waals surface area (Å²) in [4.78, 5) is 0.985. The lowest BCUT2D eigenvalue weighted by atomic mass is 10.2. The monoisotopic (exact) mass is 289 g/mol. The zero-order valence-corrected chi connectivity index (χ0v) is 11.9. The van der Waals surface area contributed by atoms with Gasteiger partial charge in [0.25, 0.3) is 0 Å². The molecular weight excluding hydrogens is 277 g/mol. The molecule has 92 valence electrons. The fraction of sp³-hybridized carbons (Fsp3) is 0.364. The van der Waals surface area contributed by atoms with Crippen LogP contribution in [0.1, 0.15) is 36.5 Å². The zero-order valence-electron chi connectivity index (χ0n) is 9.52. The molecule has 0 aromatic carbocycles. The van der Waals surface area contributed by atoms with E-state index < -0.39 is 0 Å². The van der Waals surface area contributed by atoms with E-state index in [2.05, 4.69) is 5.10 Å². The van der Waals surface area contributed by atoms with Gasteiger partial charge in [-0.25, -0.2) is 0 Å². The third-order valence-corrected chi connectivity index (χ3v) is 4.08. The molecular formula is C11H13Cl2N3S. The van der Waals surface area contributed by atoms with Crippen LogP contribution in [-0.2, 0) is 0 Å². The van der Waals surface area contributed by atoms with E-state index in [0.29, 0.717) is 5.02 Å². The van der Waals surface area contributed by atoms with Crippen LogP contribution in [0.25, 0.3) is 0 Å². The highest BCUT2D eigenvalue weighted by Gasteiger charge is 2.21. The predicted molar refractivity (Wildman–Crippen MR) is 73.0 cm³/mol. The summed E-state index contributed by atoms with van der Waals surface area (Å²) < 4.78 is 2.57. The topological polar surface area (TPSA) is 43.8 Å². The first-order valence-electron chi connectivity index (χ1n) is 5.24. The lowest BCUT2D eigenvalue weighted by molar-refractivity contribution is 0.500. The van der Waals surface area contributed by atoms with Crippen LogP contribution < -0.4 is 5.73 Å². The van der Waals surface area contributed by atoms with Crippen LogP contribution in [0.15, 0.2) is 18.3 Å². The first-order chi connectivity index (χ1) is 8.00. The van der Waals surface area contributed by atoms with Crippen molar-refractivity contribution in [1.29, 1.82) is 0 Å². The lowest BCUT2D eigenvalue weighted by Crippen LogP contribution is -2.18. The number of nitrogens with two attached hydrogens (primary N) is 1. The van der Waals surface area contributed by atoms with Crippen LogP contribution in [0, 0.1) is 0 Å². The van der Waals surface area contributed by atoms with E-state index in [4.69, 9.17) is 28.9 Å². The Labute approximate surface area is 114 Å². The molecule has 0 aliphatic heterocycles. The lowest BCUT2D eigenvalue weighted by Gasteiger charge is -2.16. The molecule has 17 heavy (non-hydrogen) atoms. The summed E-state index contributed by atoms with van der Waals surface area (Å²) in [5.41, 5.74) is 7.05. The highest BCUT2D eigenvalue weighted by atomic mass is 35.5. The fourth-order valence-electron chi connectivity index (χ4n) is 1.68. The van der Waals surface area contributed by atoms with Gasteiger partial charge >= 0.3 is 0 Å². The smallest absolute Gasteiger partial charge is 0.0931 e. The van der Waals surface area contributed by atoms with Gasteiger partial charge in [0.05, 0.1) is 27.3 Å². The highest BCUT2D eigenvalue weighted by Crippen LogP contribution is 2.33.